The molecule has 0 aliphatic heterocycles. The molecule has 1 amide bonds. The number of aliphatic carboxylic acids is 1. The van der Waals surface area contributed by atoms with E-state index in [2.05, 4.69) is 6.92 Å². The van der Waals surface area contributed by atoms with Crippen molar-refractivity contribution in [1.29, 1.82) is 0 Å². The monoisotopic (exact) mass is 229 g/mol. The fraction of sp³-hybridized carbons (Fsp3) is 0.833. The van der Waals surface area contributed by atoms with Gasteiger partial charge in [0.1, 0.15) is 0 Å². The molecule has 0 aromatic carbocycles. The summed E-state index contributed by atoms with van der Waals surface area (Å²) in [6.45, 7) is 6.80. The zero-order valence-corrected chi connectivity index (χ0v) is 10.5. The van der Waals surface area contributed by atoms with Gasteiger partial charge in [-0.25, -0.2) is 0 Å². The third-order valence-electron chi connectivity index (χ3n) is 2.70. The molecule has 0 aromatic heterocycles. The van der Waals surface area contributed by atoms with Crippen molar-refractivity contribution in [2.24, 2.45) is 5.92 Å². The van der Waals surface area contributed by atoms with Crippen molar-refractivity contribution in [2.45, 2.75) is 46.5 Å². The van der Waals surface area contributed by atoms with Crippen molar-refractivity contribution >= 4 is 11.9 Å². The van der Waals surface area contributed by atoms with Crippen LogP contribution < -0.4 is 0 Å². The molecule has 1 N–H and O–H groups in total. The van der Waals surface area contributed by atoms with Crippen molar-refractivity contribution < 1.29 is 14.7 Å². The minimum Gasteiger partial charge on any atom is -0.481 e. The van der Waals surface area contributed by atoms with E-state index in [1.807, 2.05) is 13.8 Å². The molecule has 0 fully saturated rings. The van der Waals surface area contributed by atoms with Crippen molar-refractivity contribution in [3.8, 4) is 0 Å². The summed E-state index contributed by atoms with van der Waals surface area (Å²) >= 11 is 0. The number of hydrogen-bond acceptors (Lipinski definition) is 2. The second-order valence-electron chi connectivity index (χ2n) is 4.10. The van der Waals surface area contributed by atoms with E-state index in [0.29, 0.717) is 13.1 Å². The van der Waals surface area contributed by atoms with Crippen LogP contribution in [0, 0.1) is 5.92 Å². The van der Waals surface area contributed by atoms with Gasteiger partial charge < -0.3 is 10.0 Å². The summed E-state index contributed by atoms with van der Waals surface area (Å²) in [7, 11) is 0. The molecule has 0 heterocycles. The first-order valence-corrected chi connectivity index (χ1v) is 6.03. The molecule has 0 bridgehead atoms. The molecule has 0 spiro atoms. The first-order valence-electron chi connectivity index (χ1n) is 6.03. The van der Waals surface area contributed by atoms with Gasteiger partial charge in [-0.1, -0.05) is 26.7 Å². The van der Waals surface area contributed by atoms with Crippen molar-refractivity contribution in [1.82, 2.24) is 4.90 Å². The van der Waals surface area contributed by atoms with Crippen LogP contribution in [-0.2, 0) is 9.59 Å². The van der Waals surface area contributed by atoms with Gasteiger partial charge in [-0.3, -0.25) is 9.59 Å². The highest BCUT2D eigenvalue weighted by atomic mass is 16.4. The third-order valence-corrected chi connectivity index (χ3v) is 2.70. The minimum absolute atomic E-state index is 0.00805. The normalized spacial score (nSPS) is 12.2. The summed E-state index contributed by atoms with van der Waals surface area (Å²) < 4.78 is 0. The van der Waals surface area contributed by atoms with Crippen molar-refractivity contribution in [2.75, 3.05) is 13.1 Å². The Morgan fingerprint density at radius 2 is 1.94 bits per heavy atom. The lowest BCUT2D eigenvalue weighted by Crippen LogP contribution is -2.36. The molecule has 0 aliphatic carbocycles. The van der Waals surface area contributed by atoms with E-state index >= 15 is 0 Å². The van der Waals surface area contributed by atoms with Crippen LogP contribution in [0.4, 0.5) is 0 Å². The average molecular weight is 229 g/mol. The predicted octanol–water partition coefficient (Wildman–Crippen LogP) is 2.14. The second kappa shape index (κ2) is 8.13. The van der Waals surface area contributed by atoms with E-state index in [9.17, 15) is 9.59 Å². The maximum Gasteiger partial charge on any atom is 0.305 e. The lowest BCUT2D eigenvalue weighted by Gasteiger charge is -2.23. The molecular formula is C12H23NO3. The van der Waals surface area contributed by atoms with Crippen molar-refractivity contribution in [3.63, 3.8) is 0 Å². The van der Waals surface area contributed by atoms with Crippen LogP contribution in [0.25, 0.3) is 0 Å². The Morgan fingerprint density at radius 1 is 1.31 bits per heavy atom. The summed E-state index contributed by atoms with van der Waals surface area (Å²) in [5.41, 5.74) is 0. The standard InChI is InChI=1S/C12H23NO3/c1-4-6-7-10(3)12(16)13(5-2)9-8-11(14)15/h10H,4-9H2,1-3H3,(H,14,15). The van der Waals surface area contributed by atoms with Gasteiger partial charge in [0.2, 0.25) is 5.91 Å². The maximum atomic E-state index is 11.9. The van der Waals surface area contributed by atoms with Crippen LogP contribution in [0.15, 0.2) is 0 Å². The summed E-state index contributed by atoms with van der Waals surface area (Å²) in [5.74, 6) is -0.765. The number of rotatable bonds is 8. The van der Waals surface area contributed by atoms with Crippen LogP contribution in [0.3, 0.4) is 0 Å². The summed E-state index contributed by atoms with van der Waals surface area (Å²) in [5, 5.41) is 8.58. The maximum absolute atomic E-state index is 11.9. The minimum atomic E-state index is -0.854. The van der Waals surface area contributed by atoms with Crippen molar-refractivity contribution in [3.05, 3.63) is 0 Å². The molecular weight excluding hydrogens is 206 g/mol. The molecule has 16 heavy (non-hydrogen) atoms. The molecule has 4 nitrogen and oxygen atoms in total. The van der Waals surface area contributed by atoms with Crippen LogP contribution in [0.1, 0.15) is 46.5 Å². The molecule has 0 saturated heterocycles. The summed E-state index contributed by atoms with van der Waals surface area (Å²) in [6.07, 6.45) is 3.04. The number of carboxylic acids is 1. The number of carboxylic acid groups (broad SMARTS) is 1. The Labute approximate surface area is 97.6 Å². The Bertz CT molecular complexity index is 228. The van der Waals surface area contributed by atoms with E-state index in [0.717, 1.165) is 19.3 Å². The highest BCUT2D eigenvalue weighted by Gasteiger charge is 2.19. The first-order chi connectivity index (χ1) is 7.52. The smallest absolute Gasteiger partial charge is 0.305 e. The van der Waals surface area contributed by atoms with E-state index in [1.165, 1.54) is 0 Å². The van der Waals surface area contributed by atoms with Gasteiger partial charge >= 0.3 is 5.97 Å². The van der Waals surface area contributed by atoms with E-state index < -0.39 is 5.97 Å². The quantitative estimate of drug-likeness (QED) is 0.693. The Hall–Kier alpha value is -1.06. The zero-order chi connectivity index (χ0) is 12.6. The van der Waals surface area contributed by atoms with Crippen LogP contribution in [0.5, 0.6) is 0 Å². The first kappa shape index (κ1) is 14.9. The lowest BCUT2D eigenvalue weighted by atomic mass is 10.0. The van der Waals surface area contributed by atoms with E-state index in [4.69, 9.17) is 5.11 Å². The summed E-state index contributed by atoms with van der Waals surface area (Å²) in [6, 6.07) is 0. The molecule has 94 valence electrons. The molecule has 1 atom stereocenters. The number of unbranched alkanes of at least 4 members (excludes halogenated alkanes) is 1. The zero-order valence-electron chi connectivity index (χ0n) is 10.5. The highest BCUT2D eigenvalue weighted by molar-refractivity contribution is 5.79. The van der Waals surface area contributed by atoms with Crippen LogP contribution in [0.2, 0.25) is 0 Å². The molecule has 0 rings (SSSR count). The fourth-order valence-electron chi connectivity index (χ4n) is 1.60. The van der Waals surface area contributed by atoms with Crippen LogP contribution >= 0.6 is 0 Å². The van der Waals surface area contributed by atoms with Gasteiger partial charge in [-0.2, -0.15) is 0 Å². The van der Waals surface area contributed by atoms with Gasteiger partial charge in [0.25, 0.3) is 0 Å². The highest BCUT2D eigenvalue weighted by Crippen LogP contribution is 2.11. The molecule has 0 aromatic rings. The average Bonchev–Trinajstić information content (AvgIpc) is 2.25. The van der Waals surface area contributed by atoms with Crippen LogP contribution in [-0.4, -0.2) is 35.0 Å². The van der Waals surface area contributed by atoms with E-state index in [-0.39, 0.29) is 18.2 Å². The molecule has 4 heteroatoms. The lowest BCUT2D eigenvalue weighted by molar-refractivity contribution is -0.139. The predicted molar refractivity (Wildman–Crippen MR) is 63.2 cm³/mol. The number of nitrogens with zero attached hydrogens (tertiary/aromatic N) is 1. The topological polar surface area (TPSA) is 57.6 Å². The molecule has 0 aliphatic rings. The molecule has 1 unspecified atom stereocenters. The fourth-order valence-corrected chi connectivity index (χ4v) is 1.60. The number of amides is 1. The van der Waals surface area contributed by atoms with Gasteiger partial charge in [-0.05, 0) is 13.3 Å². The van der Waals surface area contributed by atoms with Gasteiger partial charge in [0.05, 0.1) is 6.42 Å². The van der Waals surface area contributed by atoms with E-state index in [1.54, 1.807) is 4.90 Å². The number of hydrogen-bond donors (Lipinski definition) is 1. The Balaban J connectivity index is 4.12. The number of carbonyl (C=O) groups excluding carboxylic acids is 1. The SMILES string of the molecule is CCCCC(C)C(=O)N(CC)CCC(=O)O. The molecule has 0 radical (unpaired) electrons. The second-order valence-corrected chi connectivity index (χ2v) is 4.10. The largest absolute Gasteiger partial charge is 0.481 e. The van der Waals surface area contributed by atoms with Gasteiger partial charge in [0, 0.05) is 19.0 Å². The van der Waals surface area contributed by atoms with Gasteiger partial charge in [0.15, 0.2) is 0 Å². The third kappa shape index (κ3) is 5.73. The molecule has 0 saturated carbocycles. The summed E-state index contributed by atoms with van der Waals surface area (Å²) in [4.78, 5) is 24.0. The Kier molecular flexibility index (Phi) is 7.60. The Morgan fingerprint density at radius 3 is 2.38 bits per heavy atom. The number of carbonyl (C=O) groups is 2. The van der Waals surface area contributed by atoms with Gasteiger partial charge in [-0.15, -0.1) is 0 Å².